The van der Waals surface area contributed by atoms with Gasteiger partial charge in [0.2, 0.25) is 5.91 Å². The highest BCUT2D eigenvalue weighted by Gasteiger charge is 2.14. The van der Waals surface area contributed by atoms with E-state index in [-0.39, 0.29) is 17.9 Å². The maximum Gasteiger partial charge on any atom is 0.220 e. The zero-order valence-electron chi connectivity index (χ0n) is 12.1. The van der Waals surface area contributed by atoms with E-state index in [0.717, 1.165) is 11.6 Å². The van der Waals surface area contributed by atoms with Gasteiger partial charge in [-0.25, -0.2) is 8.78 Å². The first-order valence-corrected chi connectivity index (χ1v) is 7.32. The minimum absolute atomic E-state index is 0.189. The Morgan fingerprint density at radius 2 is 1.86 bits per heavy atom. The van der Waals surface area contributed by atoms with Crippen molar-refractivity contribution in [3.63, 3.8) is 0 Å². The van der Waals surface area contributed by atoms with Crippen molar-refractivity contribution in [2.75, 3.05) is 0 Å². The molecule has 2 aromatic rings. The predicted octanol–water partition coefficient (Wildman–Crippen LogP) is 4.43. The van der Waals surface area contributed by atoms with Crippen molar-refractivity contribution < 1.29 is 13.6 Å². The molecule has 1 atom stereocenters. The second-order valence-electron chi connectivity index (χ2n) is 5.08. The molecule has 0 radical (unpaired) electrons. The first kappa shape index (κ1) is 16.4. The standard InChI is InChI=1S/C17H16ClF2NO/c1-11(15-8-7-14(19)10-16(15)20)21-17(22)9-4-12-2-5-13(18)6-3-12/h2-3,5-8,10-11H,4,9H2,1H3,(H,21,22). The van der Waals surface area contributed by atoms with Crippen molar-refractivity contribution in [3.05, 3.63) is 70.2 Å². The van der Waals surface area contributed by atoms with E-state index in [9.17, 15) is 13.6 Å². The Balaban J connectivity index is 1.89. The van der Waals surface area contributed by atoms with Crippen molar-refractivity contribution in [1.29, 1.82) is 0 Å². The Morgan fingerprint density at radius 1 is 1.18 bits per heavy atom. The number of nitrogens with one attached hydrogen (secondary N) is 1. The zero-order valence-corrected chi connectivity index (χ0v) is 12.8. The molecule has 0 aromatic heterocycles. The second-order valence-corrected chi connectivity index (χ2v) is 5.52. The number of aryl methyl sites for hydroxylation is 1. The molecule has 0 saturated carbocycles. The Labute approximate surface area is 133 Å². The largest absolute Gasteiger partial charge is 0.349 e. The molecule has 0 saturated heterocycles. The summed E-state index contributed by atoms with van der Waals surface area (Å²) in [6.07, 6.45) is 0.858. The fourth-order valence-corrected chi connectivity index (χ4v) is 2.28. The monoisotopic (exact) mass is 323 g/mol. The Hall–Kier alpha value is -1.94. The molecule has 0 spiro atoms. The van der Waals surface area contributed by atoms with Gasteiger partial charge in [0.15, 0.2) is 0 Å². The molecule has 1 N–H and O–H groups in total. The zero-order chi connectivity index (χ0) is 16.1. The van der Waals surface area contributed by atoms with Gasteiger partial charge in [0.05, 0.1) is 6.04 Å². The van der Waals surface area contributed by atoms with Crippen LogP contribution in [0.15, 0.2) is 42.5 Å². The topological polar surface area (TPSA) is 29.1 Å². The second kappa shape index (κ2) is 7.36. The fourth-order valence-electron chi connectivity index (χ4n) is 2.15. The molecule has 1 unspecified atom stereocenters. The maximum atomic E-state index is 13.6. The molecule has 0 aliphatic heterocycles. The Kier molecular flexibility index (Phi) is 5.50. The van der Waals surface area contributed by atoms with Crippen molar-refractivity contribution in [2.24, 2.45) is 0 Å². The lowest BCUT2D eigenvalue weighted by Gasteiger charge is -2.15. The van der Waals surface area contributed by atoms with Crippen LogP contribution in [0.2, 0.25) is 5.02 Å². The summed E-state index contributed by atoms with van der Waals surface area (Å²) in [6.45, 7) is 1.66. The average molecular weight is 324 g/mol. The Bertz CT molecular complexity index is 658. The lowest BCUT2D eigenvalue weighted by molar-refractivity contribution is -0.121. The molecular weight excluding hydrogens is 308 g/mol. The first-order chi connectivity index (χ1) is 10.5. The van der Waals surface area contributed by atoms with Gasteiger partial charge in [0.1, 0.15) is 11.6 Å². The summed E-state index contributed by atoms with van der Waals surface area (Å²) in [5, 5.41) is 3.36. The van der Waals surface area contributed by atoms with Crippen molar-refractivity contribution in [2.45, 2.75) is 25.8 Å². The summed E-state index contributed by atoms with van der Waals surface area (Å²) in [5.41, 5.74) is 1.27. The SMILES string of the molecule is CC(NC(=O)CCc1ccc(Cl)cc1)c1ccc(F)cc1F. The van der Waals surface area contributed by atoms with Crippen LogP contribution in [0.5, 0.6) is 0 Å². The summed E-state index contributed by atoms with van der Waals surface area (Å²) in [5.74, 6) is -1.49. The molecule has 22 heavy (non-hydrogen) atoms. The van der Waals surface area contributed by atoms with Crippen LogP contribution in [0.25, 0.3) is 0 Å². The molecule has 0 fully saturated rings. The smallest absolute Gasteiger partial charge is 0.220 e. The summed E-state index contributed by atoms with van der Waals surface area (Å²) >= 11 is 5.80. The molecule has 0 bridgehead atoms. The third-order valence-electron chi connectivity index (χ3n) is 3.36. The van der Waals surface area contributed by atoms with Gasteiger partial charge in [-0.3, -0.25) is 4.79 Å². The van der Waals surface area contributed by atoms with E-state index in [0.29, 0.717) is 11.4 Å². The van der Waals surface area contributed by atoms with Crippen molar-refractivity contribution in [1.82, 2.24) is 5.32 Å². The van der Waals surface area contributed by atoms with Crippen LogP contribution in [0.3, 0.4) is 0 Å². The van der Waals surface area contributed by atoms with E-state index < -0.39 is 17.7 Å². The number of halogens is 3. The molecule has 2 rings (SSSR count). The predicted molar refractivity (Wildman–Crippen MR) is 82.7 cm³/mol. The fraction of sp³-hybridized carbons (Fsp3) is 0.235. The highest BCUT2D eigenvalue weighted by Crippen LogP contribution is 2.18. The quantitative estimate of drug-likeness (QED) is 0.866. The Morgan fingerprint density at radius 3 is 2.50 bits per heavy atom. The van der Waals surface area contributed by atoms with Gasteiger partial charge in [-0.1, -0.05) is 29.8 Å². The molecule has 0 aliphatic rings. The van der Waals surface area contributed by atoms with Gasteiger partial charge in [0.25, 0.3) is 0 Å². The summed E-state index contributed by atoms with van der Waals surface area (Å²) in [7, 11) is 0. The van der Waals surface area contributed by atoms with Crippen LogP contribution < -0.4 is 5.32 Å². The van der Waals surface area contributed by atoms with E-state index in [4.69, 9.17) is 11.6 Å². The minimum Gasteiger partial charge on any atom is -0.349 e. The van der Waals surface area contributed by atoms with E-state index in [1.165, 1.54) is 12.1 Å². The molecule has 5 heteroatoms. The first-order valence-electron chi connectivity index (χ1n) is 6.94. The van der Waals surface area contributed by atoms with E-state index >= 15 is 0 Å². The van der Waals surface area contributed by atoms with Gasteiger partial charge in [-0.05, 0) is 37.1 Å². The highest BCUT2D eigenvalue weighted by molar-refractivity contribution is 6.30. The normalized spacial score (nSPS) is 12.0. The van der Waals surface area contributed by atoms with Gasteiger partial charge < -0.3 is 5.32 Å². The summed E-state index contributed by atoms with van der Waals surface area (Å²) < 4.78 is 26.5. The van der Waals surface area contributed by atoms with Crippen LogP contribution in [0.1, 0.15) is 30.5 Å². The van der Waals surface area contributed by atoms with Crippen LogP contribution in [0, 0.1) is 11.6 Å². The van der Waals surface area contributed by atoms with Crippen LogP contribution in [-0.4, -0.2) is 5.91 Å². The lowest BCUT2D eigenvalue weighted by atomic mass is 10.1. The van der Waals surface area contributed by atoms with Crippen molar-refractivity contribution >= 4 is 17.5 Å². The molecule has 0 aliphatic carbocycles. The molecule has 2 nitrogen and oxygen atoms in total. The number of hydrogen-bond donors (Lipinski definition) is 1. The summed E-state index contributed by atoms with van der Waals surface area (Å²) in [6, 6.07) is 10.1. The average Bonchev–Trinajstić information content (AvgIpc) is 2.46. The molecule has 1 amide bonds. The van der Waals surface area contributed by atoms with E-state index in [1.807, 2.05) is 12.1 Å². The number of carbonyl (C=O) groups excluding carboxylic acids is 1. The van der Waals surface area contributed by atoms with Gasteiger partial charge in [-0.2, -0.15) is 0 Å². The van der Waals surface area contributed by atoms with Gasteiger partial charge in [-0.15, -0.1) is 0 Å². The number of hydrogen-bond acceptors (Lipinski definition) is 1. The maximum absolute atomic E-state index is 13.6. The number of benzene rings is 2. The third-order valence-corrected chi connectivity index (χ3v) is 3.61. The third kappa shape index (κ3) is 4.53. The van der Waals surface area contributed by atoms with Gasteiger partial charge >= 0.3 is 0 Å². The number of amides is 1. The van der Waals surface area contributed by atoms with Crippen LogP contribution in [-0.2, 0) is 11.2 Å². The lowest BCUT2D eigenvalue weighted by Crippen LogP contribution is -2.27. The molecule has 116 valence electrons. The number of rotatable bonds is 5. The highest BCUT2D eigenvalue weighted by atomic mass is 35.5. The van der Waals surface area contributed by atoms with Crippen LogP contribution >= 0.6 is 11.6 Å². The van der Waals surface area contributed by atoms with Crippen molar-refractivity contribution in [3.8, 4) is 0 Å². The summed E-state index contributed by atoms with van der Waals surface area (Å²) in [4.78, 5) is 11.9. The van der Waals surface area contributed by atoms with Gasteiger partial charge in [0, 0.05) is 23.1 Å². The number of carbonyl (C=O) groups is 1. The van der Waals surface area contributed by atoms with E-state index in [1.54, 1.807) is 19.1 Å². The molecule has 0 heterocycles. The minimum atomic E-state index is -0.662. The van der Waals surface area contributed by atoms with E-state index in [2.05, 4.69) is 5.32 Å². The van der Waals surface area contributed by atoms with Crippen LogP contribution in [0.4, 0.5) is 8.78 Å². The molecular formula is C17H16ClF2NO. The molecule has 2 aromatic carbocycles.